The number of para-hydroxylation sites is 1. The Bertz CT molecular complexity index is 595. The van der Waals surface area contributed by atoms with E-state index < -0.39 is 0 Å². The van der Waals surface area contributed by atoms with E-state index in [9.17, 15) is 0 Å². The first-order chi connectivity index (χ1) is 11.3. The number of hydrogen-bond donors (Lipinski definition) is 1. The Morgan fingerprint density at radius 1 is 1.09 bits per heavy atom. The average molecular weight is 311 g/mol. The van der Waals surface area contributed by atoms with Crippen LogP contribution in [-0.4, -0.2) is 16.0 Å². The van der Waals surface area contributed by atoms with Gasteiger partial charge in [-0.3, -0.25) is 0 Å². The lowest BCUT2D eigenvalue weighted by atomic mass is 9.83. The summed E-state index contributed by atoms with van der Waals surface area (Å²) in [5.74, 6) is 2.94. The Hall–Kier alpha value is -2.10. The van der Waals surface area contributed by atoms with Gasteiger partial charge in [-0.05, 0) is 43.7 Å². The van der Waals surface area contributed by atoms with E-state index in [2.05, 4.69) is 22.2 Å². The highest BCUT2D eigenvalue weighted by Crippen LogP contribution is 2.29. The van der Waals surface area contributed by atoms with Crippen LogP contribution < -0.4 is 10.1 Å². The van der Waals surface area contributed by atoms with Crippen LogP contribution >= 0.6 is 0 Å². The minimum absolute atomic E-state index is 0.482. The lowest BCUT2D eigenvalue weighted by Gasteiger charge is -2.28. The number of aromatic nitrogens is 2. The summed E-state index contributed by atoms with van der Waals surface area (Å²) >= 11 is 0. The molecular formula is C19H25N3O. The molecule has 1 aliphatic carbocycles. The maximum Gasteiger partial charge on any atom is 0.226 e. The third-order valence-corrected chi connectivity index (χ3v) is 4.47. The molecule has 0 spiro atoms. The Morgan fingerprint density at radius 2 is 1.87 bits per heavy atom. The Labute approximate surface area is 138 Å². The van der Waals surface area contributed by atoms with Gasteiger partial charge in [-0.15, -0.1) is 0 Å². The number of ether oxygens (including phenoxy) is 1. The van der Waals surface area contributed by atoms with E-state index in [4.69, 9.17) is 4.74 Å². The Kier molecular flexibility index (Phi) is 5.46. The first kappa shape index (κ1) is 15.8. The molecule has 122 valence electrons. The van der Waals surface area contributed by atoms with Gasteiger partial charge in [0.1, 0.15) is 5.75 Å². The van der Waals surface area contributed by atoms with Gasteiger partial charge in [0.25, 0.3) is 0 Å². The van der Waals surface area contributed by atoms with E-state index in [1.807, 2.05) is 30.3 Å². The highest BCUT2D eigenvalue weighted by atomic mass is 16.5. The first-order valence-corrected chi connectivity index (χ1v) is 8.66. The molecule has 4 heteroatoms. The fraction of sp³-hybridized carbons (Fsp3) is 0.474. The first-order valence-electron chi connectivity index (χ1n) is 8.66. The van der Waals surface area contributed by atoms with Crippen LogP contribution in [0.1, 0.15) is 45.4 Å². The SMILES string of the molecule is CCCC1CCC(Nc2nccc(Oc3ccccc3)n2)CC1. The van der Waals surface area contributed by atoms with Gasteiger partial charge < -0.3 is 10.1 Å². The zero-order valence-electron chi connectivity index (χ0n) is 13.7. The van der Waals surface area contributed by atoms with Gasteiger partial charge >= 0.3 is 0 Å². The molecule has 4 nitrogen and oxygen atoms in total. The predicted molar refractivity (Wildman–Crippen MR) is 92.8 cm³/mol. The van der Waals surface area contributed by atoms with E-state index in [0.29, 0.717) is 17.9 Å². The highest BCUT2D eigenvalue weighted by Gasteiger charge is 2.21. The molecule has 1 fully saturated rings. The average Bonchev–Trinajstić information content (AvgIpc) is 2.58. The maximum atomic E-state index is 5.77. The van der Waals surface area contributed by atoms with Crippen molar-refractivity contribution in [3.8, 4) is 11.6 Å². The molecule has 0 atom stereocenters. The van der Waals surface area contributed by atoms with Crippen LogP contribution in [0.25, 0.3) is 0 Å². The summed E-state index contributed by atoms with van der Waals surface area (Å²) in [7, 11) is 0. The second-order valence-corrected chi connectivity index (χ2v) is 6.28. The Morgan fingerprint density at radius 3 is 2.61 bits per heavy atom. The summed E-state index contributed by atoms with van der Waals surface area (Å²) in [6.45, 7) is 2.27. The molecule has 0 unspecified atom stereocenters. The van der Waals surface area contributed by atoms with Gasteiger partial charge in [0.05, 0.1) is 0 Å². The second-order valence-electron chi connectivity index (χ2n) is 6.28. The fourth-order valence-corrected chi connectivity index (χ4v) is 3.26. The molecule has 1 N–H and O–H groups in total. The van der Waals surface area contributed by atoms with E-state index in [1.165, 1.54) is 38.5 Å². The number of nitrogens with one attached hydrogen (secondary N) is 1. The topological polar surface area (TPSA) is 47.0 Å². The number of anilines is 1. The van der Waals surface area contributed by atoms with Crippen LogP contribution in [-0.2, 0) is 0 Å². The monoisotopic (exact) mass is 311 g/mol. The molecule has 23 heavy (non-hydrogen) atoms. The molecule has 1 aromatic heterocycles. The zero-order valence-corrected chi connectivity index (χ0v) is 13.7. The van der Waals surface area contributed by atoms with Crippen molar-refractivity contribution in [2.75, 3.05) is 5.32 Å². The molecule has 1 aliphatic rings. The zero-order chi connectivity index (χ0) is 15.9. The van der Waals surface area contributed by atoms with E-state index >= 15 is 0 Å². The van der Waals surface area contributed by atoms with Gasteiger partial charge in [0, 0.05) is 18.3 Å². The molecule has 1 saturated carbocycles. The third kappa shape index (κ3) is 4.68. The van der Waals surface area contributed by atoms with Crippen molar-refractivity contribution in [1.82, 2.24) is 9.97 Å². The Balaban J connectivity index is 1.56. The number of benzene rings is 1. The molecule has 0 aliphatic heterocycles. The van der Waals surface area contributed by atoms with Crippen molar-refractivity contribution in [3.63, 3.8) is 0 Å². The van der Waals surface area contributed by atoms with Gasteiger partial charge in [-0.25, -0.2) is 4.98 Å². The third-order valence-electron chi connectivity index (χ3n) is 4.47. The van der Waals surface area contributed by atoms with Crippen LogP contribution in [0, 0.1) is 5.92 Å². The summed E-state index contributed by atoms with van der Waals surface area (Å²) in [5, 5.41) is 3.47. The summed E-state index contributed by atoms with van der Waals surface area (Å²) < 4.78 is 5.77. The van der Waals surface area contributed by atoms with Crippen molar-refractivity contribution >= 4 is 5.95 Å². The van der Waals surface area contributed by atoms with Crippen molar-refractivity contribution < 1.29 is 4.74 Å². The van der Waals surface area contributed by atoms with Crippen LogP contribution in [0.3, 0.4) is 0 Å². The second kappa shape index (κ2) is 7.95. The molecule has 0 bridgehead atoms. The highest BCUT2D eigenvalue weighted by molar-refractivity contribution is 5.32. The molecular weight excluding hydrogens is 286 g/mol. The lowest BCUT2D eigenvalue weighted by Crippen LogP contribution is -2.26. The van der Waals surface area contributed by atoms with E-state index in [-0.39, 0.29) is 0 Å². The minimum atomic E-state index is 0.482. The minimum Gasteiger partial charge on any atom is -0.439 e. The predicted octanol–water partition coefficient (Wildman–Crippen LogP) is 5.04. The van der Waals surface area contributed by atoms with Crippen LogP contribution in [0.15, 0.2) is 42.6 Å². The smallest absolute Gasteiger partial charge is 0.226 e. The van der Waals surface area contributed by atoms with Gasteiger partial charge in [-0.1, -0.05) is 38.0 Å². The van der Waals surface area contributed by atoms with Crippen LogP contribution in [0.4, 0.5) is 5.95 Å². The summed E-state index contributed by atoms with van der Waals surface area (Å²) in [5.41, 5.74) is 0. The van der Waals surface area contributed by atoms with Crippen LogP contribution in [0.5, 0.6) is 11.6 Å². The summed E-state index contributed by atoms with van der Waals surface area (Å²) in [4.78, 5) is 8.80. The molecule has 1 aromatic carbocycles. The summed E-state index contributed by atoms with van der Waals surface area (Å²) in [6, 6.07) is 12.0. The molecule has 0 amide bonds. The number of nitrogens with zero attached hydrogens (tertiary/aromatic N) is 2. The quantitative estimate of drug-likeness (QED) is 0.812. The van der Waals surface area contributed by atoms with Gasteiger partial charge in [0.2, 0.25) is 11.8 Å². The molecule has 2 aromatic rings. The molecule has 3 rings (SSSR count). The van der Waals surface area contributed by atoms with E-state index in [1.54, 1.807) is 12.3 Å². The molecule has 0 radical (unpaired) electrons. The largest absolute Gasteiger partial charge is 0.439 e. The normalized spacial score (nSPS) is 20.9. The molecule has 1 heterocycles. The van der Waals surface area contributed by atoms with Gasteiger partial charge in [0.15, 0.2) is 0 Å². The fourth-order valence-electron chi connectivity index (χ4n) is 3.26. The molecule has 0 saturated heterocycles. The van der Waals surface area contributed by atoms with Crippen molar-refractivity contribution in [3.05, 3.63) is 42.6 Å². The summed E-state index contributed by atoms with van der Waals surface area (Å²) in [6.07, 6.45) is 9.44. The van der Waals surface area contributed by atoms with Crippen LogP contribution in [0.2, 0.25) is 0 Å². The standard InChI is InChI=1S/C19H25N3O/c1-2-6-15-9-11-16(12-10-15)21-19-20-14-13-18(22-19)23-17-7-4-3-5-8-17/h3-5,7-8,13-16H,2,6,9-12H2,1H3,(H,20,21,22). The van der Waals surface area contributed by atoms with Gasteiger partial charge in [-0.2, -0.15) is 4.98 Å². The number of hydrogen-bond acceptors (Lipinski definition) is 4. The van der Waals surface area contributed by atoms with E-state index in [0.717, 1.165) is 11.7 Å². The number of rotatable bonds is 6. The van der Waals surface area contributed by atoms with Crippen molar-refractivity contribution in [1.29, 1.82) is 0 Å². The van der Waals surface area contributed by atoms with Crippen molar-refractivity contribution in [2.45, 2.75) is 51.5 Å². The van der Waals surface area contributed by atoms with Crippen molar-refractivity contribution in [2.24, 2.45) is 5.92 Å². The lowest BCUT2D eigenvalue weighted by molar-refractivity contribution is 0.318. The maximum absolute atomic E-state index is 5.77.